The third-order valence-corrected chi connectivity index (χ3v) is 7.48. The molecule has 2 aromatic heterocycles. The van der Waals surface area contributed by atoms with Gasteiger partial charge in [0.05, 0.1) is 23.5 Å². The Hall–Kier alpha value is -4.28. The average molecular weight is 585 g/mol. The topological polar surface area (TPSA) is 92.8 Å². The van der Waals surface area contributed by atoms with Gasteiger partial charge >= 0.3 is 12.1 Å². The maximum absolute atomic E-state index is 14.0. The van der Waals surface area contributed by atoms with E-state index in [1.807, 2.05) is 6.07 Å². The van der Waals surface area contributed by atoms with Gasteiger partial charge in [-0.3, -0.25) is 4.79 Å². The van der Waals surface area contributed by atoms with E-state index >= 15 is 0 Å². The maximum Gasteiger partial charge on any atom is 0.453 e. The molecule has 42 heavy (non-hydrogen) atoms. The van der Waals surface area contributed by atoms with E-state index in [1.54, 1.807) is 24.3 Å². The number of hydrogen-bond donors (Lipinski definition) is 0. The number of fused-ring (bicyclic) bond motifs is 1. The summed E-state index contributed by atoms with van der Waals surface area (Å²) in [7, 11) is 0. The number of aromatic nitrogens is 2. The van der Waals surface area contributed by atoms with Crippen LogP contribution in [0.25, 0.3) is 16.7 Å². The van der Waals surface area contributed by atoms with Crippen molar-refractivity contribution in [3.8, 4) is 22.9 Å². The second-order valence-electron chi connectivity index (χ2n) is 10.9. The van der Waals surface area contributed by atoms with Crippen LogP contribution in [0.2, 0.25) is 0 Å². The molecule has 1 saturated carbocycles. The van der Waals surface area contributed by atoms with Crippen molar-refractivity contribution in [2.45, 2.75) is 52.3 Å². The van der Waals surface area contributed by atoms with Crippen LogP contribution in [-0.4, -0.2) is 28.5 Å². The van der Waals surface area contributed by atoms with E-state index in [4.69, 9.17) is 18.6 Å². The van der Waals surface area contributed by atoms with Crippen molar-refractivity contribution in [2.75, 3.05) is 6.61 Å². The first-order chi connectivity index (χ1) is 20.0. The number of hydrogen-bond acceptors (Lipinski definition) is 7. The highest BCUT2D eigenvalue weighted by Gasteiger charge is 2.41. The van der Waals surface area contributed by atoms with Crippen molar-refractivity contribution in [1.29, 1.82) is 0 Å². The number of carbonyl (C=O) groups is 1. The molecule has 4 aromatic rings. The number of ether oxygens (including phenoxy) is 3. The van der Waals surface area contributed by atoms with Crippen molar-refractivity contribution in [3.63, 3.8) is 0 Å². The molecule has 3 atom stereocenters. The lowest BCUT2D eigenvalue weighted by Gasteiger charge is -2.36. The second kappa shape index (κ2) is 11.9. The zero-order valence-corrected chi connectivity index (χ0v) is 23.4. The van der Waals surface area contributed by atoms with Crippen LogP contribution in [0.15, 0.2) is 70.1 Å². The van der Waals surface area contributed by atoms with Crippen LogP contribution in [0.5, 0.6) is 17.2 Å². The SMILES string of the molecule is CC1CCC(C(C)C)C(OC(=O)COc2ccc3c(=O)c(Oc4cnn(-c5ccccc5)c4)c(C(F)(F)F)oc3c2)C1. The summed E-state index contributed by atoms with van der Waals surface area (Å²) in [5.74, 6) is -2.17. The van der Waals surface area contributed by atoms with Crippen molar-refractivity contribution >= 4 is 16.9 Å². The molecule has 3 unspecified atom stereocenters. The first-order valence-electron chi connectivity index (χ1n) is 13.8. The second-order valence-corrected chi connectivity index (χ2v) is 10.9. The minimum absolute atomic E-state index is 0.0472. The lowest BCUT2D eigenvalue weighted by atomic mass is 9.75. The van der Waals surface area contributed by atoms with E-state index in [-0.39, 0.29) is 34.5 Å². The van der Waals surface area contributed by atoms with Gasteiger partial charge in [-0.25, -0.2) is 9.48 Å². The minimum Gasteiger partial charge on any atom is -0.482 e. The van der Waals surface area contributed by atoms with Gasteiger partial charge in [0, 0.05) is 6.07 Å². The van der Waals surface area contributed by atoms with E-state index in [0.717, 1.165) is 25.3 Å². The van der Waals surface area contributed by atoms with Crippen molar-refractivity contribution in [3.05, 3.63) is 76.9 Å². The summed E-state index contributed by atoms with van der Waals surface area (Å²) < 4.78 is 65.2. The average Bonchev–Trinajstić information content (AvgIpc) is 3.42. The Morgan fingerprint density at radius 1 is 1.12 bits per heavy atom. The first-order valence-corrected chi connectivity index (χ1v) is 13.8. The van der Waals surface area contributed by atoms with Crippen molar-refractivity contribution in [2.24, 2.45) is 17.8 Å². The zero-order chi connectivity index (χ0) is 30.0. The number of rotatable bonds is 8. The summed E-state index contributed by atoms with van der Waals surface area (Å²) in [5.41, 5.74) is -0.738. The van der Waals surface area contributed by atoms with Gasteiger partial charge in [0.1, 0.15) is 17.4 Å². The third-order valence-electron chi connectivity index (χ3n) is 7.48. The largest absolute Gasteiger partial charge is 0.482 e. The van der Waals surface area contributed by atoms with Crippen LogP contribution < -0.4 is 14.9 Å². The van der Waals surface area contributed by atoms with Gasteiger partial charge in [0.25, 0.3) is 5.76 Å². The normalized spacial score (nSPS) is 19.2. The van der Waals surface area contributed by atoms with Crippen LogP contribution in [-0.2, 0) is 15.7 Å². The van der Waals surface area contributed by atoms with Gasteiger partial charge in [-0.15, -0.1) is 0 Å². The predicted octanol–water partition coefficient (Wildman–Crippen LogP) is 7.17. The fraction of sp³-hybridized carbons (Fsp3) is 0.387. The first kappa shape index (κ1) is 29.2. The third kappa shape index (κ3) is 6.45. The molecule has 2 heterocycles. The summed E-state index contributed by atoms with van der Waals surface area (Å²) >= 11 is 0. The van der Waals surface area contributed by atoms with Crippen LogP contribution in [0.3, 0.4) is 0 Å². The molecule has 5 rings (SSSR count). The Kier molecular flexibility index (Phi) is 8.29. The minimum atomic E-state index is -5.04. The predicted molar refractivity (Wildman–Crippen MR) is 148 cm³/mol. The maximum atomic E-state index is 14.0. The van der Waals surface area contributed by atoms with Crippen LogP contribution >= 0.6 is 0 Å². The summed E-state index contributed by atoms with van der Waals surface area (Å²) in [6.07, 6.45) is 0.128. The van der Waals surface area contributed by atoms with Crippen molar-refractivity contribution < 1.29 is 36.6 Å². The van der Waals surface area contributed by atoms with Crippen LogP contribution in [0, 0.1) is 17.8 Å². The molecular formula is C31H31F3N2O6. The Bertz CT molecular complexity index is 1610. The molecule has 2 aromatic carbocycles. The van der Waals surface area contributed by atoms with Gasteiger partial charge in [-0.05, 0) is 54.9 Å². The molecule has 1 aliphatic rings. The highest BCUT2D eigenvalue weighted by atomic mass is 19.4. The van der Waals surface area contributed by atoms with Crippen molar-refractivity contribution in [1.82, 2.24) is 9.78 Å². The fourth-order valence-electron chi connectivity index (χ4n) is 5.32. The van der Waals surface area contributed by atoms with E-state index in [2.05, 4.69) is 25.9 Å². The van der Waals surface area contributed by atoms with E-state index in [0.29, 0.717) is 17.5 Å². The number of nitrogens with zero attached hydrogens (tertiary/aromatic N) is 2. The molecule has 0 amide bonds. The number of benzene rings is 2. The van der Waals surface area contributed by atoms with Gasteiger partial charge in [0.2, 0.25) is 11.2 Å². The molecule has 11 heteroatoms. The number of halogens is 3. The lowest BCUT2D eigenvalue weighted by molar-refractivity contribution is -0.158. The lowest BCUT2D eigenvalue weighted by Crippen LogP contribution is -2.36. The van der Waals surface area contributed by atoms with Gasteiger partial charge in [-0.1, -0.05) is 45.4 Å². The smallest absolute Gasteiger partial charge is 0.453 e. The quantitative estimate of drug-likeness (QED) is 0.203. The number of para-hydroxylation sites is 1. The van der Waals surface area contributed by atoms with E-state index in [1.165, 1.54) is 29.2 Å². The Labute approximate surface area is 240 Å². The molecule has 0 N–H and O–H groups in total. The number of carbonyl (C=O) groups excluding carboxylic acids is 1. The summed E-state index contributed by atoms with van der Waals surface area (Å²) in [4.78, 5) is 25.7. The van der Waals surface area contributed by atoms with Gasteiger partial charge in [-0.2, -0.15) is 18.3 Å². The number of esters is 1. The molecule has 0 spiro atoms. The fourth-order valence-corrected chi connectivity index (χ4v) is 5.32. The molecule has 0 radical (unpaired) electrons. The molecule has 0 bridgehead atoms. The Balaban J connectivity index is 1.35. The van der Waals surface area contributed by atoms with E-state index in [9.17, 15) is 22.8 Å². The molecule has 1 aliphatic carbocycles. The van der Waals surface area contributed by atoms with Gasteiger partial charge < -0.3 is 18.6 Å². The van der Waals surface area contributed by atoms with Crippen LogP contribution in [0.1, 0.15) is 45.8 Å². The summed E-state index contributed by atoms with van der Waals surface area (Å²) in [6.45, 7) is 5.89. The standard InChI is InChI=1S/C31H31F3N2O6/c1-18(2)23-11-9-19(3)13-25(23)41-27(37)17-39-21-10-12-24-26(14-21)42-30(31(32,33)34)29(28(24)38)40-22-15-35-36(16-22)20-7-5-4-6-8-20/h4-8,10,12,14-16,18-19,23,25H,9,11,13,17H2,1-3H3. The molecule has 222 valence electrons. The summed E-state index contributed by atoms with van der Waals surface area (Å²) in [6, 6.07) is 12.6. The van der Waals surface area contributed by atoms with Gasteiger partial charge in [0.15, 0.2) is 12.4 Å². The molecule has 8 nitrogen and oxygen atoms in total. The molecule has 1 fully saturated rings. The Morgan fingerprint density at radius 2 is 1.88 bits per heavy atom. The highest BCUT2D eigenvalue weighted by Crippen LogP contribution is 2.39. The zero-order valence-electron chi connectivity index (χ0n) is 23.4. The monoisotopic (exact) mass is 584 g/mol. The molecular weight excluding hydrogens is 553 g/mol. The van der Waals surface area contributed by atoms with Crippen LogP contribution in [0.4, 0.5) is 13.2 Å². The molecule has 0 aliphatic heterocycles. The summed E-state index contributed by atoms with van der Waals surface area (Å²) in [5, 5.41) is 3.94. The molecule has 0 saturated heterocycles. The van der Waals surface area contributed by atoms with E-state index < -0.39 is 35.7 Å². The Morgan fingerprint density at radius 3 is 2.60 bits per heavy atom. The number of alkyl halides is 3. The highest BCUT2D eigenvalue weighted by molar-refractivity contribution is 5.80.